The molecule has 0 radical (unpaired) electrons. The lowest BCUT2D eigenvalue weighted by molar-refractivity contribution is -0.142. The van der Waals surface area contributed by atoms with Crippen LogP contribution in [0.5, 0.6) is 5.75 Å². The first-order chi connectivity index (χ1) is 9.21. The molecule has 1 aliphatic rings. The third-order valence-corrected chi connectivity index (χ3v) is 4.09. The zero-order valence-corrected chi connectivity index (χ0v) is 11.9. The number of para-hydroxylation sites is 1. The number of carbonyl (C=O) groups is 1. The molecule has 0 aliphatic heterocycles. The highest BCUT2D eigenvalue weighted by Gasteiger charge is 2.44. The van der Waals surface area contributed by atoms with Gasteiger partial charge in [-0.1, -0.05) is 25.1 Å². The summed E-state index contributed by atoms with van der Waals surface area (Å²) in [5.74, 6) is 1.94. The highest BCUT2D eigenvalue weighted by Crippen LogP contribution is 2.47. The lowest BCUT2D eigenvalue weighted by atomic mass is 9.90. The summed E-state index contributed by atoms with van der Waals surface area (Å²) < 4.78 is 10.2. The molecular formula is C16H22O3. The molecule has 0 amide bonds. The summed E-state index contributed by atoms with van der Waals surface area (Å²) in [5, 5.41) is 0. The Morgan fingerprint density at radius 1 is 1.37 bits per heavy atom. The van der Waals surface area contributed by atoms with Crippen molar-refractivity contribution in [3.8, 4) is 5.75 Å². The Balaban J connectivity index is 2.03. The molecular weight excluding hydrogens is 240 g/mol. The van der Waals surface area contributed by atoms with Crippen molar-refractivity contribution >= 4 is 5.97 Å². The van der Waals surface area contributed by atoms with E-state index >= 15 is 0 Å². The van der Waals surface area contributed by atoms with Crippen LogP contribution in [0.25, 0.3) is 0 Å². The van der Waals surface area contributed by atoms with Crippen LogP contribution >= 0.6 is 0 Å². The van der Waals surface area contributed by atoms with E-state index in [-0.39, 0.29) is 11.9 Å². The van der Waals surface area contributed by atoms with Gasteiger partial charge in [-0.3, -0.25) is 4.79 Å². The van der Waals surface area contributed by atoms with Gasteiger partial charge in [0, 0.05) is 0 Å². The molecule has 0 bridgehead atoms. The summed E-state index contributed by atoms with van der Waals surface area (Å²) in [4.78, 5) is 11.5. The number of ether oxygens (including phenoxy) is 2. The van der Waals surface area contributed by atoms with Crippen LogP contribution in [-0.2, 0) is 9.53 Å². The maximum atomic E-state index is 11.5. The van der Waals surface area contributed by atoms with Crippen molar-refractivity contribution in [2.75, 3.05) is 14.2 Å². The second-order valence-electron chi connectivity index (χ2n) is 5.21. The number of rotatable bonds is 6. The van der Waals surface area contributed by atoms with Crippen molar-refractivity contribution in [1.82, 2.24) is 0 Å². The molecule has 1 aliphatic carbocycles. The van der Waals surface area contributed by atoms with Crippen molar-refractivity contribution in [1.29, 1.82) is 0 Å². The third-order valence-electron chi connectivity index (χ3n) is 4.09. The zero-order valence-electron chi connectivity index (χ0n) is 11.9. The van der Waals surface area contributed by atoms with Crippen LogP contribution in [0, 0.1) is 11.8 Å². The lowest BCUT2D eigenvalue weighted by Crippen LogP contribution is -2.07. The molecule has 1 aromatic carbocycles. The molecule has 3 unspecified atom stereocenters. The average Bonchev–Trinajstić information content (AvgIpc) is 3.23. The van der Waals surface area contributed by atoms with E-state index in [4.69, 9.17) is 9.47 Å². The first-order valence-corrected chi connectivity index (χ1v) is 6.92. The van der Waals surface area contributed by atoms with Crippen LogP contribution in [0.4, 0.5) is 0 Å². The average molecular weight is 262 g/mol. The van der Waals surface area contributed by atoms with Gasteiger partial charge in [0.1, 0.15) is 5.75 Å². The predicted molar refractivity (Wildman–Crippen MR) is 74.3 cm³/mol. The van der Waals surface area contributed by atoms with Gasteiger partial charge in [0.25, 0.3) is 0 Å². The van der Waals surface area contributed by atoms with Crippen molar-refractivity contribution in [2.24, 2.45) is 11.8 Å². The molecule has 0 heterocycles. The lowest BCUT2D eigenvalue weighted by Gasteiger charge is -2.18. The van der Waals surface area contributed by atoms with Crippen molar-refractivity contribution in [2.45, 2.75) is 32.1 Å². The van der Waals surface area contributed by atoms with E-state index < -0.39 is 0 Å². The molecule has 1 aromatic rings. The molecule has 3 nitrogen and oxygen atoms in total. The molecule has 2 rings (SSSR count). The fraction of sp³-hybridized carbons (Fsp3) is 0.562. The summed E-state index contributed by atoms with van der Waals surface area (Å²) in [6.45, 7) is 2.19. The van der Waals surface area contributed by atoms with Gasteiger partial charge in [0.05, 0.1) is 20.1 Å². The smallest absolute Gasteiger partial charge is 0.308 e. The Morgan fingerprint density at radius 2 is 2.11 bits per heavy atom. The highest BCUT2D eigenvalue weighted by atomic mass is 16.5. The maximum Gasteiger partial charge on any atom is 0.308 e. The van der Waals surface area contributed by atoms with Crippen LogP contribution < -0.4 is 4.74 Å². The first-order valence-electron chi connectivity index (χ1n) is 6.92. The Kier molecular flexibility index (Phi) is 4.46. The Bertz CT molecular complexity index is 441. The Morgan fingerprint density at radius 3 is 2.74 bits per heavy atom. The molecule has 3 atom stereocenters. The van der Waals surface area contributed by atoms with Crippen LogP contribution in [0.3, 0.4) is 0 Å². The number of methoxy groups -OCH3 is 2. The number of carbonyl (C=O) groups excluding carboxylic acids is 1. The van der Waals surface area contributed by atoms with E-state index in [0.717, 1.165) is 25.0 Å². The first kappa shape index (κ1) is 13.9. The molecule has 0 spiro atoms. The Labute approximate surface area is 114 Å². The minimum atomic E-state index is -0.0557. The van der Waals surface area contributed by atoms with Gasteiger partial charge in [-0.25, -0.2) is 0 Å². The van der Waals surface area contributed by atoms with Crippen molar-refractivity contribution < 1.29 is 14.3 Å². The second-order valence-corrected chi connectivity index (χ2v) is 5.21. The fourth-order valence-corrected chi connectivity index (χ4v) is 2.83. The van der Waals surface area contributed by atoms with Gasteiger partial charge in [0.2, 0.25) is 0 Å². The van der Waals surface area contributed by atoms with Crippen molar-refractivity contribution in [3.05, 3.63) is 29.8 Å². The standard InChI is InChI=1S/C16H22O3/c1-4-11(9-12-10-14(12)16(17)19-3)13-7-5-6-8-15(13)18-2/h5-8,11-12,14H,4,9-10H2,1-3H3. The molecule has 1 fully saturated rings. The summed E-state index contributed by atoms with van der Waals surface area (Å²) in [5.41, 5.74) is 1.25. The van der Waals surface area contributed by atoms with E-state index in [2.05, 4.69) is 13.0 Å². The maximum absolute atomic E-state index is 11.5. The summed E-state index contributed by atoms with van der Waals surface area (Å²) in [6.07, 6.45) is 3.07. The van der Waals surface area contributed by atoms with E-state index in [1.165, 1.54) is 12.7 Å². The van der Waals surface area contributed by atoms with Crippen molar-refractivity contribution in [3.63, 3.8) is 0 Å². The largest absolute Gasteiger partial charge is 0.496 e. The highest BCUT2D eigenvalue weighted by molar-refractivity contribution is 5.75. The third kappa shape index (κ3) is 3.09. The zero-order chi connectivity index (χ0) is 13.8. The molecule has 3 heteroatoms. The number of esters is 1. The van der Waals surface area contributed by atoms with Crippen LogP contribution in [0.1, 0.15) is 37.7 Å². The molecule has 104 valence electrons. The van der Waals surface area contributed by atoms with Gasteiger partial charge in [0.15, 0.2) is 0 Å². The topological polar surface area (TPSA) is 35.5 Å². The number of benzene rings is 1. The molecule has 0 saturated heterocycles. The van der Waals surface area contributed by atoms with Gasteiger partial charge in [-0.2, -0.15) is 0 Å². The van der Waals surface area contributed by atoms with Crippen LogP contribution in [0.15, 0.2) is 24.3 Å². The monoisotopic (exact) mass is 262 g/mol. The van der Waals surface area contributed by atoms with E-state index in [0.29, 0.717) is 11.8 Å². The van der Waals surface area contributed by atoms with E-state index in [9.17, 15) is 4.79 Å². The normalized spacial score (nSPS) is 22.7. The number of hydrogen-bond donors (Lipinski definition) is 0. The van der Waals surface area contributed by atoms with Gasteiger partial charge in [-0.05, 0) is 42.7 Å². The van der Waals surface area contributed by atoms with Crippen LogP contribution in [0.2, 0.25) is 0 Å². The van der Waals surface area contributed by atoms with Gasteiger partial charge in [-0.15, -0.1) is 0 Å². The van der Waals surface area contributed by atoms with E-state index in [1.54, 1.807) is 7.11 Å². The summed E-state index contributed by atoms with van der Waals surface area (Å²) in [6, 6.07) is 8.17. The summed E-state index contributed by atoms with van der Waals surface area (Å²) in [7, 11) is 3.18. The number of hydrogen-bond acceptors (Lipinski definition) is 3. The Hall–Kier alpha value is -1.51. The van der Waals surface area contributed by atoms with Gasteiger partial charge >= 0.3 is 5.97 Å². The molecule has 0 aromatic heterocycles. The SMILES string of the molecule is CCC(CC1CC1C(=O)OC)c1ccccc1OC. The van der Waals surface area contributed by atoms with Gasteiger partial charge < -0.3 is 9.47 Å². The summed E-state index contributed by atoms with van der Waals surface area (Å²) >= 11 is 0. The molecule has 19 heavy (non-hydrogen) atoms. The minimum Gasteiger partial charge on any atom is -0.496 e. The second kappa shape index (κ2) is 6.09. The quantitative estimate of drug-likeness (QED) is 0.737. The fourth-order valence-electron chi connectivity index (χ4n) is 2.83. The van der Waals surface area contributed by atoms with E-state index in [1.807, 2.05) is 18.2 Å². The molecule has 1 saturated carbocycles. The minimum absolute atomic E-state index is 0.0557. The van der Waals surface area contributed by atoms with Crippen LogP contribution in [-0.4, -0.2) is 20.2 Å². The molecule has 0 N–H and O–H groups in total. The predicted octanol–water partition coefficient (Wildman–Crippen LogP) is 3.39.